The molecule has 1 fully saturated rings. The molecule has 1 saturated heterocycles. The largest absolute Gasteiger partial charge is 0.265 e. The lowest BCUT2D eigenvalue weighted by Crippen LogP contribution is -2.45. The maximum atomic E-state index is 5.87. The zero-order valence-corrected chi connectivity index (χ0v) is 8.89. The summed E-state index contributed by atoms with van der Waals surface area (Å²) in [7, 11) is 0. The quantitative estimate of drug-likeness (QED) is 0.648. The summed E-state index contributed by atoms with van der Waals surface area (Å²) < 4.78 is 0. The summed E-state index contributed by atoms with van der Waals surface area (Å²) in [6, 6.07) is 8.91. The van der Waals surface area contributed by atoms with E-state index in [1.165, 1.54) is 17.7 Å². The molecule has 3 aliphatic rings. The molecule has 0 spiro atoms. The van der Waals surface area contributed by atoms with Crippen molar-refractivity contribution in [3.63, 3.8) is 0 Å². The topological polar surface area (TPSA) is 12.5 Å². The Hall–Kier alpha value is -1.28. The zero-order valence-electron chi connectivity index (χ0n) is 8.89. The average Bonchev–Trinajstić information content (AvgIpc) is 2.30. The highest BCUT2D eigenvalue weighted by Gasteiger charge is 2.30. The first-order valence-corrected chi connectivity index (χ1v) is 5.54. The molecule has 0 radical (unpaired) electrons. The molecule has 0 N–H and O–H groups in total. The van der Waals surface area contributed by atoms with Crippen molar-refractivity contribution in [2.24, 2.45) is 0 Å². The molecule has 0 unspecified atom stereocenters. The highest BCUT2D eigenvalue weighted by atomic mass is 16.7. The van der Waals surface area contributed by atoms with Crippen LogP contribution in [0, 0.1) is 6.92 Å². The van der Waals surface area contributed by atoms with Crippen LogP contribution in [0.3, 0.4) is 0 Å². The van der Waals surface area contributed by atoms with Gasteiger partial charge in [0, 0.05) is 0 Å². The van der Waals surface area contributed by atoms with Gasteiger partial charge < -0.3 is 0 Å². The molecule has 15 heavy (non-hydrogen) atoms. The van der Waals surface area contributed by atoms with E-state index in [4.69, 9.17) is 4.84 Å². The highest BCUT2D eigenvalue weighted by Crippen LogP contribution is 2.32. The number of benzene rings is 1. The van der Waals surface area contributed by atoms with Crippen molar-refractivity contribution < 1.29 is 4.84 Å². The lowest BCUT2D eigenvalue weighted by molar-refractivity contribution is 0.00351. The van der Waals surface area contributed by atoms with E-state index < -0.39 is 0 Å². The van der Waals surface area contributed by atoms with Crippen molar-refractivity contribution in [3.05, 3.63) is 42.0 Å². The Bertz CT molecular complexity index is 399. The van der Waals surface area contributed by atoms with E-state index in [0.29, 0.717) is 6.04 Å². The van der Waals surface area contributed by atoms with Gasteiger partial charge in [0.25, 0.3) is 0 Å². The third kappa shape index (κ3) is 1.55. The second-order valence-electron chi connectivity index (χ2n) is 4.34. The minimum Gasteiger partial charge on any atom is -0.265 e. The molecule has 78 valence electrons. The number of aryl methyl sites for hydroxylation is 1. The molecule has 1 aliphatic carbocycles. The normalized spacial score (nSPS) is 28.5. The van der Waals surface area contributed by atoms with Crippen molar-refractivity contribution in [2.75, 3.05) is 5.06 Å². The third-order valence-electron chi connectivity index (χ3n) is 3.10. The fraction of sp³-hybridized carbons (Fsp3) is 0.385. The maximum Gasteiger partial charge on any atom is 0.104 e. The first-order chi connectivity index (χ1) is 7.33. The molecule has 0 aromatic heterocycles. The molecule has 0 amide bonds. The lowest BCUT2D eigenvalue weighted by atomic mass is 9.98. The van der Waals surface area contributed by atoms with Crippen LogP contribution in [0.4, 0.5) is 5.69 Å². The fourth-order valence-electron chi connectivity index (χ4n) is 2.30. The van der Waals surface area contributed by atoms with E-state index in [-0.39, 0.29) is 6.10 Å². The van der Waals surface area contributed by atoms with Crippen LogP contribution >= 0.6 is 0 Å². The van der Waals surface area contributed by atoms with E-state index in [1.54, 1.807) is 0 Å². The summed E-state index contributed by atoms with van der Waals surface area (Å²) >= 11 is 0. The van der Waals surface area contributed by atoms with Crippen molar-refractivity contribution in [3.8, 4) is 0 Å². The van der Waals surface area contributed by atoms with Crippen LogP contribution in [-0.2, 0) is 4.84 Å². The molecule has 1 aromatic rings. The van der Waals surface area contributed by atoms with Gasteiger partial charge in [-0.05, 0) is 37.5 Å². The van der Waals surface area contributed by atoms with Gasteiger partial charge in [-0.2, -0.15) is 0 Å². The minimum absolute atomic E-state index is 0.288. The van der Waals surface area contributed by atoms with Crippen molar-refractivity contribution in [2.45, 2.75) is 31.9 Å². The Morgan fingerprint density at radius 1 is 1.27 bits per heavy atom. The second kappa shape index (κ2) is 3.38. The van der Waals surface area contributed by atoms with Crippen LogP contribution in [0.15, 0.2) is 36.4 Å². The van der Waals surface area contributed by atoms with Gasteiger partial charge in [-0.25, -0.2) is 5.06 Å². The van der Waals surface area contributed by atoms with E-state index >= 15 is 0 Å². The molecular formula is C13H15NO. The number of rotatable bonds is 1. The molecule has 2 nitrogen and oxygen atoms in total. The third-order valence-corrected chi connectivity index (χ3v) is 3.10. The molecule has 1 aromatic carbocycles. The number of hydroxylamine groups is 1. The van der Waals surface area contributed by atoms with Gasteiger partial charge in [-0.1, -0.05) is 24.3 Å². The van der Waals surface area contributed by atoms with Crippen molar-refractivity contribution in [1.29, 1.82) is 0 Å². The standard InChI is InChI=1S/C13H15NO/c1-10-3-2-4-12(9-10)14-11-5-7-13(15-14)8-6-11/h2-5,7,9,11,13H,6,8H2,1H3/t11-,13+/m0/s1. The van der Waals surface area contributed by atoms with Gasteiger partial charge >= 0.3 is 0 Å². The Kier molecular flexibility index (Phi) is 2.03. The van der Waals surface area contributed by atoms with Crippen LogP contribution < -0.4 is 5.06 Å². The molecule has 2 bridgehead atoms. The van der Waals surface area contributed by atoms with Crippen LogP contribution in [0.2, 0.25) is 0 Å². The molecule has 2 aliphatic heterocycles. The van der Waals surface area contributed by atoms with Gasteiger partial charge in [0.2, 0.25) is 0 Å². The number of hydrogen-bond donors (Lipinski definition) is 0. The molecule has 4 rings (SSSR count). The molecular weight excluding hydrogens is 186 g/mol. The summed E-state index contributed by atoms with van der Waals surface area (Å²) in [5, 5.41) is 2.06. The van der Waals surface area contributed by atoms with E-state index in [1.807, 2.05) is 0 Å². The molecule has 2 atom stereocenters. The number of hydrogen-bond acceptors (Lipinski definition) is 2. The molecule has 0 saturated carbocycles. The number of fused-ring (bicyclic) bond motifs is 2. The van der Waals surface area contributed by atoms with E-state index in [2.05, 4.69) is 48.4 Å². The first-order valence-electron chi connectivity index (χ1n) is 5.54. The Morgan fingerprint density at radius 2 is 2.20 bits per heavy atom. The fourth-order valence-corrected chi connectivity index (χ4v) is 2.30. The van der Waals surface area contributed by atoms with Crippen molar-refractivity contribution >= 4 is 5.69 Å². The smallest absolute Gasteiger partial charge is 0.104 e. The maximum absolute atomic E-state index is 5.87. The summed E-state index contributed by atoms with van der Waals surface area (Å²) in [5.74, 6) is 0. The Morgan fingerprint density at radius 3 is 2.80 bits per heavy atom. The van der Waals surface area contributed by atoms with Gasteiger partial charge in [-0.15, -0.1) is 0 Å². The summed E-state index contributed by atoms with van der Waals surface area (Å²) in [5.41, 5.74) is 2.45. The second-order valence-corrected chi connectivity index (χ2v) is 4.34. The summed E-state index contributed by atoms with van der Waals surface area (Å²) in [4.78, 5) is 5.87. The number of nitrogens with zero attached hydrogens (tertiary/aromatic N) is 1. The SMILES string of the molecule is Cc1cccc(N2O[C@@H]3C=C[C@H]2CC3)c1. The lowest BCUT2D eigenvalue weighted by Gasteiger charge is -2.41. The van der Waals surface area contributed by atoms with Gasteiger partial charge in [0.15, 0.2) is 0 Å². The van der Waals surface area contributed by atoms with Gasteiger partial charge in [0.1, 0.15) is 6.10 Å². The van der Waals surface area contributed by atoms with Gasteiger partial charge in [0.05, 0.1) is 11.7 Å². The monoisotopic (exact) mass is 201 g/mol. The number of anilines is 1. The summed E-state index contributed by atoms with van der Waals surface area (Å²) in [6.07, 6.45) is 7.09. The van der Waals surface area contributed by atoms with Gasteiger partial charge in [-0.3, -0.25) is 4.84 Å². The minimum atomic E-state index is 0.288. The van der Waals surface area contributed by atoms with E-state index in [9.17, 15) is 0 Å². The highest BCUT2D eigenvalue weighted by molar-refractivity contribution is 5.49. The van der Waals surface area contributed by atoms with Crippen LogP contribution in [0.1, 0.15) is 18.4 Å². The zero-order chi connectivity index (χ0) is 10.3. The predicted molar refractivity (Wildman–Crippen MR) is 60.7 cm³/mol. The van der Waals surface area contributed by atoms with Crippen LogP contribution in [0.25, 0.3) is 0 Å². The van der Waals surface area contributed by atoms with Crippen LogP contribution in [0.5, 0.6) is 0 Å². The summed E-state index contributed by atoms with van der Waals surface area (Å²) in [6.45, 7) is 2.11. The Balaban J connectivity index is 1.92. The Labute approximate surface area is 90.1 Å². The first kappa shape index (κ1) is 8.98. The average molecular weight is 201 g/mol. The van der Waals surface area contributed by atoms with Crippen molar-refractivity contribution in [1.82, 2.24) is 0 Å². The molecule has 2 heteroatoms. The van der Waals surface area contributed by atoms with E-state index in [0.717, 1.165) is 6.42 Å². The van der Waals surface area contributed by atoms with Crippen LogP contribution in [-0.4, -0.2) is 12.1 Å². The molecule has 2 heterocycles. The predicted octanol–water partition coefficient (Wildman–Crippen LogP) is 2.83.